The Labute approximate surface area is 104 Å². The Morgan fingerprint density at radius 3 is 2.80 bits per heavy atom. The van der Waals surface area contributed by atoms with Crippen LogP contribution in [0, 0.1) is 17.2 Å². The minimum absolute atomic E-state index is 0.461. The Morgan fingerprint density at radius 2 is 2.27 bits per heavy atom. The van der Waals surface area contributed by atoms with Crippen molar-refractivity contribution >= 4 is 35.0 Å². The van der Waals surface area contributed by atoms with Crippen molar-refractivity contribution in [2.45, 2.75) is 11.8 Å². The maximum absolute atomic E-state index is 8.68. The highest BCUT2D eigenvalue weighted by atomic mass is 35.5. The summed E-state index contributed by atoms with van der Waals surface area (Å²) in [7, 11) is 0. The number of halogens is 2. The third-order valence-corrected chi connectivity index (χ3v) is 4.20. The molecule has 1 atom stereocenters. The van der Waals surface area contributed by atoms with Gasteiger partial charge in [0.25, 0.3) is 0 Å². The molecule has 0 aromatic heterocycles. The van der Waals surface area contributed by atoms with Crippen molar-refractivity contribution in [3.63, 3.8) is 0 Å². The number of alkyl halides is 1. The van der Waals surface area contributed by atoms with Crippen molar-refractivity contribution in [1.82, 2.24) is 0 Å². The molecular weight excluding hydrogens is 249 g/mol. The zero-order valence-corrected chi connectivity index (χ0v) is 10.7. The SMILES string of the molecule is CC(CCl)CSc1ccc(C#N)cc1Cl. The average molecular weight is 260 g/mol. The fourth-order valence-electron chi connectivity index (χ4n) is 0.964. The number of nitrogens with zero attached hydrogens (tertiary/aromatic N) is 1. The molecule has 0 heterocycles. The van der Waals surface area contributed by atoms with Gasteiger partial charge < -0.3 is 0 Å². The molecule has 0 aliphatic rings. The fraction of sp³-hybridized carbons (Fsp3) is 0.364. The van der Waals surface area contributed by atoms with Gasteiger partial charge in [-0.3, -0.25) is 0 Å². The van der Waals surface area contributed by atoms with Crippen LogP contribution in [0.5, 0.6) is 0 Å². The molecule has 1 nitrogen and oxygen atoms in total. The third kappa shape index (κ3) is 3.95. The molecule has 1 aromatic rings. The number of nitriles is 1. The van der Waals surface area contributed by atoms with Crippen LogP contribution in [-0.2, 0) is 0 Å². The monoisotopic (exact) mass is 259 g/mol. The summed E-state index contributed by atoms with van der Waals surface area (Å²) in [4.78, 5) is 1.01. The molecule has 1 rings (SSSR count). The summed E-state index contributed by atoms with van der Waals surface area (Å²) in [5.74, 6) is 2.05. The second-order valence-corrected chi connectivity index (χ2v) is 5.11. The molecule has 0 saturated heterocycles. The minimum Gasteiger partial charge on any atom is -0.192 e. The van der Waals surface area contributed by atoms with E-state index in [-0.39, 0.29) is 0 Å². The lowest BCUT2D eigenvalue weighted by molar-refractivity contribution is 0.759. The van der Waals surface area contributed by atoms with Gasteiger partial charge in [0.15, 0.2) is 0 Å². The highest BCUT2D eigenvalue weighted by Gasteiger charge is 2.05. The van der Waals surface area contributed by atoms with Crippen LogP contribution in [0.4, 0.5) is 0 Å². The summed E-state index contributed by atoms with van der Waals surface area (Å²) >= 11 is 13.4. The molecule has 1 unspecified atom stereocenters. The molecule has 0 aliphatic heterocycles. The topological polar surface area (TPSA) is 23.8 Å². The molecule has 0 N–H and O–H groups in total. The van der Waals surface area contributed by atoms with E-state index in [0.29, 0.717) is 22.4 Å². The molecule has 4 heteroatoms. The van der Waals surface area contributed by atoms with Gasteiger partial charge in [-0.15, -0.1) is 23.4 Å². The van der Waals surface area contributed by atoms with Gasteiger partial charge in [-0.25, -0.2) is 0 Å². The van der Waals surface area contributed by atoms with Crippen LogP contribution in [0.15, 0.2) is 23.1 Å². The summed E-state index contributed by atoms with van der Waals surface area (Å²) in [6, 6.07) is 7.40. The molecule has 0 amide bonds. The van der Waals surface area contributed by atoms with E-state index < -0.39 is 0 Å². The second kappa shape index (κ2) is 6.27. The van der Waals surface area contributed by atoms with E-state index in [1.807, 2.05) is 6.07 Å². The maximum atomic E-state index is 8.68. The molecule has 0 aliphatic carbocycles. The van der Waals surface area contributed by atoms with Gasteiger partial charge in [-0.2, -0.15) is 5.26 Å². The molecule has 0 bridgehead atoms. The first-order valence-corrected chi connectivity index (χ1v) is 6.45. The first-order valence-electron chi connectivity index (χ1n) is 4.55. The van der Waals surface area contributed by atoms with E-state index >= 15 is 0 Å². The Morgan fingerprint density at radius 1 is 1.53 bits per heavy atom. The molecule has 0 saturated carbocycles. The normalized spacial score (nSPS) is 12.1. The van der Waals surface area contributed by atoms with E-state index in [4.69, 9.17) is 28.5 Å². The van der Waals surface area contributed by atoms with Gasteiger partial charge in [0.05, 0.1) is 16.7 Å². The van der Waals surface area contributed by atoms with Crippen LogP contribution < -0.4 is 0 Å². The first-order chi connectivity index (χ1) is 7.17. The zero-order valence-electron chi connectivity index (χ0n) is 8.34. The lowest BCUT2D eigenvalue weighted by atomic mass is 10.2. The fourth-order valence-corrected chi connectivity index (χ4v) is 2.49. The summed E-state index contributed by atoms with van der Waals surface area (Å²) in [6.07, 6.45) is 0. The molecule has 0 spiro atoms. The van der Waals surface area contributed by atoms with Crippen molar-refractivity contribution in [1.29, 1.82) is 5.26 Å². The van der Waals surface area contributed by atoms with Crippen LogP contribution in [0.1, 0.15) is 12.5 Å². The van der Waals surface area contributed by atoms with E-state index in [1.165, 1.54) is 0 Å². The quantitative estimate of drug-likeness (QED) is 0.599. The highest BCUT2D eigenvalue weighted by molar-refractivity contribution is 7.99. The van der Waals surface area contributed by atoms with Crippen molar-refractivity contribution in [2.24, 2.45) is 5.92 Å². The van der Waals surface area contributed by atoms with Crippen LogP contribution in [0.2, 0.25) is 5.02 Å². The molecule has 80 valence electrons. The Hall–Kier alpha value is -0.360. The third-order valence-electron chi connectivity index (χ3n) is 1.85. The van der Waals surface area contributed by atoms with Gasteiger partial charge >= 0.3 is 0 Å². The van der Waals surface area contributed by atoms with E-state index in [2.05, 4.69) is 13.0 Å². The van der Waals surface area contributed by atoms with Gasteiger partial charge in [0.2, 0.25) is 0 Å². The number of hydrogen-bond donors (Lipinski definition) is 0. The summed E-state index contributed by atoms with van der Waals surface area (Å²) < 4.78 is 0. The predicted molar refractivity (Wildman–Crippen MR) is 66.8 cm³/mol. The van der Waals surface area contributed by atoms with E-state index in [9.17, 15) is 0 Å². The molecular formula is C11H11Cl2NS. The van der Waals surface area contributed by atoms with Crippen molar-refractivity contribution in [3.05, 3.63) is 28.8 Å². The molecule has 1 aromatic carbocycles. The Balaban J connectivity index is 2.67. The van der Waals surface area contributed by atoms with Crippen molar-refractivity contribution in [2.75, 3.05) is 11.6 Å². The first kappa shape index (κ1) is 12.7. The number of rotatable bonds is 4. The number of benzene rings is 1. The molecule has 0 radical (unpaired) electrons. The second-order valence-electron chi connectivity index (χ2n) is 3.33. The van der Waals surface area contributed by atoms with Crippen molar-refractivity contribution in [3.8, 4) is 6.07 Å². The standard InChI is InChI=1S/C11H11Cl2NS/c1-8(5-12)7-15-11-3-2-9(6-14)4-10(11)13/h2-4,8H,5,7H2,1H3. The summed E-state index contributed by atoms with van der Waals surface area (Å²) in [5, 5.41) is 9.32. The number of hydrogen-bond acceptors (Lipinski definition) is 2. The van der Waals surface area contributed by atoms with Gasteiger partial charge in [0, 0.05) is 16.5 Å². The van der Waals surface area contributed by atoms with Gasteiger partial charge in [0.1, 0.15) is 0 Å². The summed E-state index contributed by atoms with van der Waals surface area (Å²) in [5.41, 5.74) is 0.592. The maximum Gasteiger partial charge on any atom is 0.0992 e. The summed E-state index contributed by atoms with van der Waals surface area (Å²) in [6.45, 7) is 2.09. The lowest BCUT2D eigenvalue weighted by Crippen LogP contribution is -1.98. The highest BCUT2D eigenvalue weighted by Crippen LogP contribution is 2.29. The smallest absolute Gasteiger partial charge is 0.0992 e. The lowest BCUT2D eigenvalue weighted by Gasteiger charge is -2.08. The van der Waals surface area contributed by atoms with Gasteiger partial charge in [-0.05, 0) is 24.1 Å². The number of thioether (sulfide) groups is 1. The minimum atomic E-state index is 0.461. The predicted octanol–water partition coefficient (Wildman–Crippen LogP) is 4.18. The van der Waals surface area contributed by atoms with Crippen molar-refractivity contribution < 1.29 is 0 Å². The Bertz CT molecular complexity index is 373. The van der Waals surface area contributed by atoms with E-state index in [1.54, 1.807) is 23.9 Å². The molecule has 0 fully saturated rings. The van der Waals surface area contributed by atoms with E-state index in [0.717, 1.165) is 10.6 Å². The zero-order chi connectivity index (χ0) is 11.3. The Kier molecular flexibility index (Phi) is 5.31. The van der Waals surface area contributed by atoms with Gasteiger partial charge in [-0.1, -0.05) is 18.5 Å². The van der Waals surface area contributed by atoms with Crippen LogP contribution in [0.25, 0.3) is 0 Å². The largest absolute Gasteiger partial charge is 0.192 e. The van der Waals surface area contributed by atoms with Crippen LogP contribution in [0.3, 0.4) is 0 Å². The van der Waals surface area contributed by atoms with Crippen LogP contribution >= 0.6 is 35.0 Å². The molecule has 15 heavy (non-hydrogen) atoms. The average Bonchev–Trinajstić information content (AvgIpc) is 2.26. The van der Waals surface area contributed by atoms with Crippen LogP contribution in [-0.4, -0.2) is 11.6 Å².